The molecule has 1 aromatic carbocycles. The minimum atomic E-state index is -0.494. The Labute approximate surface area is 69.8 Å². The van der Waals surface area contributed by atoms with Crippen molar-refractivity contribution in [1.82, 2.24) is 0 Å². The van der Waals surface area contributed by atoms with E-state index in [0.29, 0.717) is 11.4 Å². The van der Waals surface area contributed by atoms with Gasteiger partial charge in [0.1, 0.15) is 0 Å². The van der Waals surface area contributed by atoms with Crippen molar-refractivity contribution in [1.29, 1.82) is 0 Å². The van der Waals surface area contributed by atoms with Gasteiger partial charge in [0, 0.05) is 12.6 Å². The lowest BCUT2D eigenvalue weighted by Crippen LogP contribution is -2.02. The van der Waals surface area contributed by atoms with Gasteiger partial charge in [0.25, 0.3) is 0 Å². The Kier molecular flexibility index (Phi) is 2.53. The first-order valence-corrected chi connectivity index (χ1v) is 3.39. The van der Waals surface area contributed by atoms with Crippen molar-refractivity contribution in [3.63, 3.8) is 0 Å². The molecule has 1 aromatic rings. The van der Waals surface area contributed by atoms with Crippen LogP contribution in [0, 0.1) is 0 Å². The smallest absolute Gasteiger partial charge is 0.352 e. The largest absolute Gasteiger partial charge is 0.399 e. The first-order chi connectivity index (χ1) is 5.68. The first-order valence-electron chi connectivity index (χ1n) is 3.39. The summed E-state index contributed by atoms with van der Waals surface area (Å²) in [6.45, 7) is 1.26. The van der Waals surface area contributed by atoms with E-state index in [1.807, 2.05) is 0 Å². The quantitative estimate of drug-likeness (QED) is 0.407. The van der Waals surface area contributed by atoms with Gasteiger partial charge in [0.15, 0.2) is 5.75 Å². The summed E-state index contributed by atoms with van der Waals surface area (Å²) in [4.78, 5) is 19.2. The van der Waals surface area contributed by atoms with E-state index in [1.165, 1.54) is 6.92 Å². The number of hydrogen-bond donors (Lipinski definition) is 1. The molecule has 0 atom stereocenters. The highest BCUT2D eigenvalue weighted by atomic mass is 17.2. The monoisotopic (exact) mass is 167 g/mol. The summed E-state index contributed by atoms with van der Waals surface area (Å²) in [5, 5.41) is 0. The molecule has 64 valence electrons. The topological polar surface area (TPSA) is 61.5 Å². The molecule has 2 N–H and O–H groups in total. The number of nitrogens with two attached hydrogens (primary N) is 1. The Morgan fingerprint density at radius 1 is 1.33 bits per heavy atom. The van der Waals surface area contributed by atoms with Crippen LogP contribution < -0.4 is 10.6 Å². The Balaban J connectivity index is 2.53. The molecule has 0 amide bonds. The number of carbonyl (C=O) groups excluding carboxylic acids is 1. The molecule has 0 radical (unpaired) electrons. The minimum Gasteiger partial charge on any atom is -0.399 e. The number of carbonyl (C=O) groups is 1. The molecular weight excluding hydrogens is 158 g/mol. The molecule has 1 rings (SSSR count). The minimum absolute atomic E-state index is 0.444. The number of rotatable bonds is 2. The van der Waals surface area contributed by atoms with Gasteiger partial charge in [0.2, 0.25) is 0 Å². The van der Waals surface area contributed by atoms with Crippen molar-refractivity contribution in [2.24, 2.45) is 0 Å². The van der Waals surface area contributed by atoms with E-state index in [4.69, 9.17) is 5.73 Å². The Morgan fingerprint density at radius 2 is 1.92 bits per heavy atom. The third kappa shape index (κ3) is 2.49. The predicted molar refractivity (Wildman–Crippen MR) is 43.2 cm³/mol. The highest BCUT2D eigenvalue weighted by Crippen LogP contribution is 2.12. The van der Waals surface area contributed by atoms with Crippen molar-refractivity contribution < 1.29 is 14.6 Å². The zero-order chi connectivity index (χ0) is 8.97. The normalized spacial score (nSPS) is 9.08. The molecule has 0 aromatic heterocycles. The van der Waals surface area contributed by atoms with Gasteiger partial charge in [-0.15, -0.1) is 0 Å². The second-order valence-electron chi connectivity index (χ2n) is 2.23. The summed E-state index contributed by atoms with van der Waals surface area (Å²) in [5.41, 5.74) is 6.05. The summed E-state index contributed by atoms with van der Waals surface area (Å²) in [6, 6.07) is 6.52. The maximum Gasteiger partial charge on any atom is 0.352 e. The molecule has 0 spiro atoms. The lowest BCUT2D eigenvalue weighted by molar-refractivity contribution is -0.210. The van der Waals surface area contributed by atoms with Crippen molar-refractivity contribution in [2.45, 2.75) is 6.92 Å². The van der Waals surface area contributed by atoms with E-state index >= 15 is 0 Å². The van der Waals surface area contributed by atoms with Crippen LogP contribution in [0.25, 0.3) is 0 Å². The van der Waals surface area contributed by atoms with Crippen molar-refractivity contribution in [3.05, 3.63) is 24.3 Å². The zero-order valence-electron chi connectivity index (χ0n) is 6.61. The van der Waals surface area contributed by atoms with Gasteiger partial charge >= 0.3 is 5.97 Å². The standard InChI is InChI=1S/C8H9NO3/c1-6(10)11-12-8-4-2-7(9)3-5-8/h2-5H,9H2,1H3. The molecule has 0 aliphatic carbocycles. The van der Waals surface area contributed by atoms with Crippen molar-refractivity contribution >= 4 is 11.7 Å². The predicted octanol–water partition coefficient (Wildman–Crippen LogP) is 1.13. The van der Waals surface area contributed by atoms with Gasteiger partial charge in [0.05, 0.1) is 0 Å². The average Bonchev–Trinajstić information content (AvgIpc) is 2.03. The molecule has 4 heteroatoms. The third-order valence-electron chi connectivity index (χ3n) is 1.14. The first kappa shape index (κ1) is 8.39. The van der Waals surface area contributed by atoms with Crippen LogP contribution in [0.2, 0.25) is 0 Å². The molecule has 0 bridgehead atoms. The van der Waals surface area contributed by atoms with Crippen LogP contribution in [0.5, 0.6) is 5.75 Å². The Hall–Kier alpha value is -1.71. The lowest BCUT2D eigenvalue weighted by atomic mass is 10.3. The number of anilines is 1. The summed E-state index contributed by atoms with van der Waals surface area (Å²) < 4.78 is 0. The molecule has 0 saturated heterocycles. The highest BCUT2D eigenvalue weighted by Gasteiger charge is 1.96. The number of benzene rings is 1. The molecule has 0 heterocycles. The van der Waals surface area contributed by atoms with Gasteiger partial charge in [-0.25, -0.2) is 4.79 Å². The highest BCUT2D eigenvalue weighted by molar-refractivity contribution is 5.65. The molecule has 0 unspecified atom stereocenters. The van der Waals surface area contributed by atoms with Crippen molar-refractivity contribution in [3.8, 4) is 5.75 Å². The maximum atomic E-state index is 10.3. The lowest BCUT2D eigenvalue weighted by Gasteiger charge is -2.01. The fourth-order valence-electron chi connectivity index (χ4n) is 0.630. The third-order valence-corrected chi connectivity index (χ3v) is 1.14. The molecule has 12 heavy (non-hydrogen) atoms. The molecule has 0 aliphatic rings. The molecule has 0 saturated carbocycles. The second-order valence-corrected chi connectivity index (χ2v) is 2.23. The summed E-state index contributed by atoms with van der Waals surface area (Å²) in [7, 11) is 0. The SMILES string of the molecule is CC(=O)OOc1ccc(N)cc1. The van der Waals surface area contributed by atoms with Crippen LogP contribution in [-0.4, -0.2) is 5.97 Å². The fraction of sp³-hybridized carbons (Fsp3) is 0.125. The Morgan fingerprint density at radius 3 is 2.42 bits per heavy atom. The molecular formula is C8H9NO3. The number of hydrogen-bond acceptors (Lipinski definition) is 4. The molecule has 0 fully saturated rings. The van der Waals surface area contributed by atoms with Gasteiger partial charge in [-0.05, 0) is 24.3 Å². The summed E-state index contributed by atoms with van der Waals surface area (Å²) >= 11 is 0. The van der Waals surface area contributed by atoms with Crippen LogP contribution in [0.3, 0.4) is 0 Å². The van der Waals surface area contributed by atoms with E-state index < -0.39 is 5.97 Å². The van der Waals surface area contributed by atoms with Crippen LogP contribution in [-0.2, 0) is 9.68 Å². The summed E-state index contributed by atoms with van der Waals surface area (Å²) in [6.07, 6.45) is 0. The van der Waals surface area contributed by atoms with E-state index in [1.54, 1.807) is 24.3 Å². The fourth-order valence-corrected chi connectivity index (χ4v) is 0.630. The van der Waals surface area contributed by atoms with Gasteiger partial charge in [-0.1, -0.05) is 0 Å². The van der Waals surface area contributed by atoms with Gasteiger partial charge in [-0.3, -0.25) is 9.78 Å². The maximum absolute atomic E-state index is 10.3. The average molecular weight is 167 g/mol. The van der Waals surface area contributed by atoms with Crippen LogP contribution in [0.15, 0.2) is 24.3 Å². The van der Waals surface area contributed by atoms with Gasteiger partial charge in [-0.2, -0.15) is 0 Å². The van der Waals surface area contributed by atoms with Crippen LogP contribution in [0.1, 0.15) is 6.92 Å². The van der Waals surface area contributed by atoms with E-state index in [2.05, 4.69) is 9.78 Å². The van der Waals surface area contributed by atoms with Gasteiger partial charge < -0.3 is 5.73 Å². The summed E-state index contributed by atoms with van der Waals surface area (Å²) in [5.74, 6) is -0.0498. The number of nitrogen functional groups attached to an aromatic ring is 1. The van der Waals surface area contributed by atoms with E-state index in [0.717, 1.165) is 0 Å². The van der Waals surface area contributed by atoms with E-state index in [9.17, 15) is 4.79 Å². The Bertz CT molecular complexity index is 268. The van der Waals surface area contributed by atoms with Crippen LogP contribution in [0.4, 0.5) is 5.69 Å². The molecule has 4 nitrogen and oxygen atoms in total. The van der Waals surface area contributed by atoms with E-state index in [-0.39, 0.29) is 0 Å². The van der Waals surface area contributed by atoms with Crippen molar-refractivity contribution in [2.75, 3.05) is 5.73 Å². The zero-order valence-corrected chi connectivity index (χ0v) is 6.61. The molecule has 0 aliphatic heterocycles. The van der Waals surface area contributed by atoms with Crippen LogP contribution >= 0.6 is 0 Å². The second kappa shape index (κ2) is 3.61.